The fraction of sp³-hybridized carbons (Fsp3) is 0.240. The topological polar surface area (TPSA) is 152 Å². The number of ether oxygens (including phenoxy) is 1. The molecule has 0 unspecified atom stereocenters. The van der Waals surface area contributed by atoms with Crippen LogP contribution in [0, 0.1) is 5.41 Å². The summed E-state index contributed by atoms with van der Waals surface area (Å²) < 4.78 is 6.01. The minimum atomic E-state index is -0.554. The average molecular weight is 511 g/mol. The molecule has 0 aliphatic carbocycles. The summed E-state index contributed by atoms with van der Waals surface area (Å²) in [7, 11) is 1.27. The van der Waals surface area contributed by atoms with Gasteiger partial charge in [0.05, 0.1) is 18.4 Å². The van der Waals surface area contributed by atoms with E-state index >= 15 is 0 Å². The smallest absolute Gasteiger partial charge is 0.337 e. The number of halogens is 1. The molecule has 0 fully saturated rings. The monoisotopic (exact) mass is 510 g/mol. The van der Waals surface area contributed by atoms with E-state index < -0.39 is 17.4 Å². The summed E-state index contributed by atoms with van der Waals surface area (Å²) in [5, 5.41) is 13.2. The molecule has 0 saturated carbocycles. The lowest BCUT2D eigenvalue weighted by atomic mass is 10.1. The van der Waals surface area contributed by atoms with Gasteiger partial charge in [-0.2, -0.15) is 0 Å². The van der Waals surface area contributed by atoms with Crippen LogP contribution in [0.3, 0.4) is 0 Å². The Morgan fingerprint density at radius 1 is 1.17 bits per heavy atom. The zero-order valence-corrected chi connectivity index (χ0v) is 20.8. The lowest BCUT2D eigenvalue weighted by Gasteiger charge is -2.18. The highest BCUT2D eigenvalue weighted by atomic mass is 35.5. The number of hydrogen-bond acceptors (Lipinski definition) is 7. The number of nitrogens with one attached hydrogen (secondary N) is 3. The van der Waals surface area contributed by atoms with Crippen molar-refractivity contribution in [3.8, 4) is 11.3 Å². The maximum atomic E-state index is 13.3. The van der Waals surface area contributed by atoms with Crippen molar-refractivity contribution in [1.29, 1.82) is 5.41 Å². The summed E-state index contributed by atoms with van der Waals surface area (Å²) in [4.78, 5) is 42.4. The highest BCUT2D eigenvalue weighted by Crippen LogP contribution is 2.27. The van der Waals surface area contributed by atoms with E-state index in [2.05, 4.69) is 15.6 Å². The molecule has 188 valence electrons. The number of aromatic nitrogens is 2. The van der Waals surface area contributed by atoms with Crippen molar-refractivity contribution in [2.24, 2.45) is 5.73 Å². The zero-order valence-electron chi connectivity index (χ0n) is 20.1. The van der Waals surface area contributed by atoms with Crippen molar-refractivity contribution in [2.75, 3.05) is 12.4 Å². The Bertz CT molecular complexity index is 1350. The lowest BCUT2D eigenvalue weighted by Crippen LogP contribution is -2.35. The van der Waals surface area contributed by atoms with E-state index in [0.717, 1.165) is 5.56 Å². The van der Waals surface area contributed by atoms with Gasteiger partial charge < -0.3 is 21.1 Å². The van der Waals surface area contributed by atoms with Gasteiger partial charge in [-0.25, -0.2) is 9.78 Å². The summed E-state index contributed by atoms with van der Waals surface area (Å²) in [6.45, 7) is 3.56. The van der Waals surface area contributed by atoms with Crippen molar-refractivity contribution in [3.05, 3.63) is 80.7 Å². The third kappa shape index (κ3) is 6.28. The van der Waals surface area contributed by atoms with Crippen molar-refractivity contribution < 1.29 is 14.3 Å². The van der Waals surface area contributed by atoms with Crippen LogP contribution in [0.4, 0.5) is 5.82 Å². The molecule has 0 bridgehead atoms. The van der Waals surface area contributed by atoms with Gasteiger partial charge >= 0.3 is 5.97 Å². The van der Waals surface area contributed by atoms with Crippen LogP contribution in [0.5, 0.6) is 0 Å². The standard InChI is InChI=1S/C25H27ClN6O4/c1-14(2)30-23-24(34)32(13-19(33)29-12-15-7-9-16(10-8-15)22(27)28)20(21(26)31-23)17-5-4-6-18(11-17)25(35)36-3/h4-11,14H,12-13H2,1-3H3,(H3,27,28)(H,29,33)(H,30,31). The van der Waals surface area contributed by atoms with Gasteiger partial charge in [0, 0.05) is 23.7 Å². The molecule has 1 amide bonds. The molecular formula is C25H27ClN6O4. The first-order valence-corrected chi connectivity index (χ1v) is 11.4. The van der Waals surface area contributed by atoms with Crippen LogP contribution in [0.15, 0.2) is 53.3 Å². The number of nitrogen functional groups attached to an aromatic ring is 1. The Morgan fingerprint density at radius 2 is 1.86 bits per heavy atom. The van der Waals surface area contributed by atoms with Gasteiger partial charge in [-0.05, 0) is 31.5 Å². The summed E-state index contributed by atoms with van der Waals surface area (Å²) in [6.07, 6.45) is 0. The predicted octanol–water partition coefficient (Wildman–Crippen LogP) is 2.77. The second-order valence-electron chi connectivity index (χ2n) is 8.25. The highest BCUT2D eigenvalue weighted by molar-refractivity contribution is 6.32. The van der Waals surface area contributed by atoms with Crippen molar-refractivity contribution >= 4 is 35.1 Å². The largest absolute Gasteiger partial charge is 0.465 e. The van der Waals surface area contributed by atoms with E-state index in [1.165, 1.54) is 17.7 Å². The predicted molar refractivity (Wildman–Crippen MR) is 138 cm³/mol. The van der Waals surface area contributed by atoms with Crippen LogP contribution in [0.25, 0.3) is 11.3 Å². The van der Waals surface area contributed by atoms with Gasteiger partial charge in [-0.3, -0.25) is 19.6 Å². The number of hydrogen-bond donors (Lipinski definition) is 4. The third-order valence-electron chi connectivity index (χ3n) is 5.16. The van der Waals surface area contributed by atoms with E-state index in [4.69, 9.17) is 27.5 Å². The third-order valence-corrected chi connectivity index (χ3v) is 5.43. The molecule has 36 heavy (non-hydrogen) atoms. The minimum Gasteiger partial charge on any atom is -0.465 e. The van der Waals surface area contributed by atoms with Gasteiger partial charge in [0.2, 0.25) is 5.91 Å². The molecule has 0 aliphatic rings. The Labute approximate surface area is 213 Å². The van der Waals surface area contributed by atoms with Gasteiger partial charge in [-0.15, -0.1) is 0 Å². The molecule has 0 atom stereocenters. The van der Waals surface area contributed by atoms with Crippen LogP contribution in [-0.2, 0) is 22.6 Å². The fourth-order valence-electron chi connectivity index (χ4n) is 3.45. The number of carbonyl (C=O) groups is 2. The number of carbonyl (C=O) groups excluding carboxylic acids is 2. The Balaban J connectivity index is 1.96. The fourth-order valence-corrected chi connectivity index (χ4v) is 3.74. The normalized spacial score (nSPS) is 10.7. The summed E-state index contributed by atoms with van der Waals surface area (Å²) in [6, 6.07) is 13.2. The number of nitrogens with zero attached hydrogens (tertiary/aromatic N) is 2. The Morgan fingerprint density at radius 3 is 2.47 bits per heavy atom. The van der Waals surface area contributed by atoms with Crippen LogP contribution >= 0.6 is 11.6 Å². The zero-order chi connectivity index (χ0) is 26.4. The van der Waals surface area contributed by atoms with E-state index in [0.29, 0.717) is 11.1 Å². The van der Waals surface area contributed by atoms with Crippen LogP contribution in [0.2, 0.25) is 5.15 Å². The molecule has 5 N–H and O–H groups in total. The number of benzene rings is 2. The van der Waals surface area contributed by atoms with Crippen molar-refractivity contribution in [1.82, 2.24) is 14.9 Å². The molecule has 0 radical (unpaired) electrons. The maximum absolute atomic E-state index is 13.3. The van der Waals surface area contributed by atoms with Crippen LogP contribution < -0.4 is 21.9 Å². The number of rotatable bonds is 9. The van der Waals surface area contributed by atoms with Crippen molar-refractivity contribution in [3.63, 3.8) is 0 Å². The second kappa shape index (κ2) is 11.5. The van der Waals surface area contributed by atoms with Gasteiger partial charge in [-0.1, -0.05) is 48.0 Å². The maximum Gasteiger partial charge on any atom is 0.337 e. The van der Waals surface area contributed by atoms with Gasteiger partial charge in [0.1, 0.15) is 12.4 Å². The molecule has 0 saturated heterocycles. The van der Waals surface area contributed by atoms with Crippen LogP contribution in [-0.4, -0.2) is 40.4 Å². The quantitative estimate of drug-likeness (QED) is 0.196. The van der Waals surface area contributed by atoms with Gasteiger partial charge in [0.25, 0.3) is 5.56 Å². The number of esters is 1. The molecular weight excluding hydrogens is 484 g/mol. The second-order valence-corrected chi connectivity index (χ2v) is 8.61. The average Bonchev–Trinajstić information content (AvgIpc) is 2.85. The summed E-state index contributed by atoms with van der Waals surface area (Å²) in [5.74, 6) is -1.03. The number of amides is 1. The molecule has 1 heterocycles. The molecule has 11 heteroatoms. The first-order valence-electron chi connectivity index (χ1n) is 11.1. The van der Waals surface area contributed by atoms with Crippen molar-refractivity contribution in [2.45, 2.75) is 33.0 Å². The molecule has 3 aromatic rings. The summed E-state index contributed by atoms with van der Waals surface area (Å²) >= 11 is 6.50. The van der Waals surface area contributed by atoms with Gasteiger partial charge in [0.15, 0.2) is 11.0 Å². The molecule has 1 aromatic heterocycles. The summed E-state index contributed by atoms with van der Waals surface area (Å²) in [5.41, 5.74) is 7.19. The number of anilines is 1. The first kappa shape index (κ1) is 26.4. The van der Waals surface area contributed by atoms with Crippen LogP contribution in [0.1, 0.15) is 35.3 Å². The van der Waals surface area contributed by atoms with E-state index in [1.807, 2.05) is 13.8 Å². The lowest BCUT2D eigenvalue weighted by molar-refractivity contribution is -0.121. The number of methoxy groups -OCH3 is 1. The molecule has 3 rings (SSSR count). The Hall–Kier alpha value is -4.18. The molecule has 2 aromatic carbocycles. The number of amidine groups is 1. The highest BCUT2D eigenvalue weighted by Gasteiger charge is 2.20. The Kier molecular flexibility index (Phi) is 8.44. The molecule has 0 spiro atoms. The van der Waals surface area contributed by atoms with E-state index in [9.17, 15) is 14.4 Å². The number of nitrogens with two attached hydrogens (primary N) is 1. The molecule has 0 aliphatic heterocycles. The SMILES string of the molecule is COC(=O)c1cccc(-c2c(Cl)nc(NC(C)C)c(=O)n2CC(=O)NCc2ccc(C(=N)N)cc2)c1. The molecule has 10 nitrogen and oxygen atoms in total. The van der Waals surface area contributed by atoms with E-state index in [1.54, 1.807) is 42.5 Å². The minimum absolute atomic E-state index is 0.00705. The van der Waals surface area contributed by atoms with E-state index in [-0.39, 0.29) is 47.2 Å². The first-order chi connectivity index (χ1) is 17.1.